The van der Waals surface area contributed by atoms with E-state index in [4.69, 9.17) is 5.11 Å². The lowest BCUT2D eigenvalue weighted by Crippen LogP contribution is -2.07. The lowest BCUT2D eigenvalue weighted by atomic mass is 10.3. The van der Waals surface area contributed by atoms with Crippen LogP contribution in [0.4, 0.5) is 0 Å². The van der Waals surface area contributed by atoms with E-state index in [1.807, 2.05) is 0 Å². The summed E-state index contributed by atoms with van der Waals surface area (Å²) < 4.78 is 1.55. The second-order valence-electron chi connectivity index (χ2n) is 2.60. The second-order valence-corrected chi connectivity index (χ2v) is 2.60. The van der Waals surface area contributed by atoms with Crippen LogP contribution >= 0.6 is 0 Å². The molecule has 13 heavy (non-hydrogen) atoms. The highest BCUT2D eigenvalue weighted by Crippen LogP contribution is 2.07. The van der Waals surface area contributed by atoms with Crippen molar-refractivity contribution in [2.24, 2.45) is 0 Å². The Morgan fingerprint density at radius 2 is 2.08 bits per heavy atom. The van der Waals surface area contributed by atoms with Gasteiger partial charge in [-0.05, 0) is 6.07 Å². The van der Waals surface area contributed by atoms with E-state index in [0.717, 1.165) is 0 Å². The van der Waals surface area contributed by atoms with Crippen molar-refractivity contribution in [3.8, 4) is 0 Å². The van der Waals surface area contributed by atoms with Crippen LogP contribution < -0.4 is 5.56 Å². The molecule has 0 saturated carbocycles. The van der Waals surface area contributed by atoms with E-state index in [9.17, 15) is 9.59 Å². The standard InChI is InChI=1S/C8H6N2O3/c11-6-2-4-10-3-1-5(8(12)13)7(10)9-6/h1-4H,(H,9,11)(H,12,13). The quantitative estimate of drug-likeness (QED) is 0.660. The molecule has 0 spiro atoms. The van der Waals surface area contributed by atoms with Gasteiger partial charge in [-0.1, -0.05) is 0 Å². The number of aromatic carboxylic acids is 1. The first-order valence-electron chi connectivity index (χ1n) is 3.62. The number of hydrogen-bond donors (Lipinski definition) is 2. The molecule has 0 atom stereocenters. The monoisotopic (exact) mass is 178 g/mol. The molecule has 2 rings (SSSR count). The van der Waals surface area contributed by atoms with Crippen molar-refractivity contribution in [2.45, 2.75) is 0 Å². The first-order valence-corrected chi connectivity index (χ1v) is 3.62. The molecule has 2 heterocycles. The highest BCUT2D eigenvalue weighted by atomic mass is 16.4. The van der Waals surface area contributed by atoms with Gasteiger partial charge in [-0.15, -0.1) is 0 Å². The van der Waals surface area contributed by atoms with Crippen molar-refractivity contribution < 1.29 is 9.90 Å². The lowest BCUT2D eigenvalue weighted by molar-refractivity contribution is 0.0699. The Kier molecular flexibility index (Phi) is 1.45. The number of rotatable bonds is 1. The number of fused-ring (bicyclic) bond motifs is 1. The van der Waals surface area contributed by atoms with Crippen LogP contribution in [0.3, 0.4) is 0 Å². The summed E-state index contributed by atoms with van der Waals surface area (Å²) in [5.41, 5.74) is 0.0893. The van der Waals surface area contributed by atoms with E-state index in [-0.39, 0.29) is 11.1 Å². The van der Waals surface area contributed by atoms with E-state index < -0.39 is 5.97 Å². The van der Waals surface area contributed by atoms with Gasteiger partial charge in [0.2, 0.25) is 0 Å². The van der Waals surface area contributed by atoms with Crippen molar-refractivity contribution in [3.05, 3.63) is 40.4 Å². The smallest absolute Gasteiger partial charge is 0.339 e. The minimum Gasteiger partial charge on any atom is -0.478 e. The average molecular weight is 178 g/mol. The van der Waals surface area contributed by atoms with Gasteiger partial charge in [0, 0.05) is 18.5 Å². The molecule has 0 aliphatic heterocycles. The summed E-state index contributed by atoms with van der Waals surface area (Å²) >= 11 is 0. The number of aromatic amines is 1. The SMILES string of the molecule is O=C(O)c1ccn2ccc(=O)[nH]c12. The topological polar surface area (TPSA) is 74.6 Å². The van der Waals surface area contributed by atoms with Crippen molar-refractivity contribution in [1.82, 2.24) is 9.38 Å². The normalized spacial score (nSPS) is 10.5. The zero-order valence-electron chi connectivity index (χ0n) is 6.52. The van der Waals surface area contributed by atoms with Gasteiger partial charge in [0.05, 0.1) is 0 Å². The minimum atomic E-state index is -1.05. The fourth-order valence-corrected chi connectivity index (χ4v) is 1.18. The summed E-state index contributed by atoms with van der Waals surface area (Å²) in [4.78, 5) is 24.0. The molecule has 0 aromatic carbocycles. The van der Waals surface area contributed by atoms with Gasteiger partial charge >= 0.3 is 5.97 Å². The van der Waals surface area contributed by atoms with Gasteiger partial charge in [-0.3, -0.25) is 4.79 Å². The van der Waals surface area contributed by atoms with E-state index in [2.05, 4.69) is 4.98 Å². The number of H-pyrrole nitrogens is 1. The number of carboxylic acids is 1. The fraction of sp³-hybridized carbons (Fsp3) is 0. The van der Waals surface area contributed by atoms with Crippen molar-refractivity contribution in [2.75, 3.05) is 0 Å². The summed E-state index contributed by atoms with van der Waals surface area (Å²) in [6, 6.07) is 2.77. The largest absolute Gasteiger partial charge is 0.478 e. The highest BCUT2D eigenvalue weighted by Gasteiger charge is 2.09. The summed E-state index contributed by atoms with van der Waals surface area (Å²) in [6.07, 6.45) is 3.09. The molecule has 0 fully saturated rings. The maximum atomic E-state index is 10.9. The number of nitrogens with one attached hydrogen (secondary N) is 1. The molecule has 5 heteroatoms. The molecule has 66 valence electrons. The first-order chi connectivity index (χ1) is 6.18. The maximum absolute atomic E-state index is 10.9. The van der Waals surface area contributed by atoms with Crippen molar-refractivity contribution in [3.63, 3.8) is 0 Å². The summed E-state index contributed by atoms with van der Waals surface area (Å²) in [5, 5.41) is 8.73. The highest BCUT2D eigenvalue weighted by molar-refractivity contribution is 5.94. The predicted molar refractivity (Wildman–Crippen MR) is 45.0 cm³/mol. The molecule has 0 aliphatic carbocycles. The van der Waals surface area contributed by atoms with Crippen LogP contribution in [0.2, 0.25) is 0 Å². The van der Waals surface area contributed by atoms with Crippen LogP contribution in [0.5, 0.6) is 0 Å². The molecule has 0 amide bonds. The van der Waals surface area contributed by atoms with Crippen LogP contribution in [-0.4, -0.2) is 20.5 Å². The molecule has 0 unspecified atom stereocenters. The zero-order chi connectivity index (χ0) is 9.42. The molecule has 0 radical (unpaired) electrons. The maximum Gasteiger partial charge on any atom is 0.339 e. The van der Waals surface area contributed by atoms with Crippen molar-refractivity contribution >= 4 is 11.6 Å². The van der Waals surface area contributed by atoms with E-state index in [0.29, 0.717) is 5.65 Å². The molecule has 2 aromatic rings. The number of aromatic nitrogens is 2. The summed E-state index contributed by atoms with van der Waals surface area (Å²) in [7, 11) is 0. The van der Waals surface area contributed by atoms with Crippen LogP contribution in [-0.2, 0) is 0 Å². The van der Waals surface area contributed by atoms with Crippen LogP contribution in [0.25, 0.3) is 5.65 Å². The number of hydrogen-bond acceptors (Lipinski definition) is 2. The summed E-state index contributed by atoms with van der Waals surface area (Å²) in [6.45, 7) is 0. The molecular formula is C8H6N2O3. The Morgan fingerprint density at radius 1 is 1.38 bits per heavy atom. The predicted octanol–water partition coefficient (Wildman–Crippen LogP) is 0.326. The average Bonchev–Trinajstić information content (AvgIpc) is 2.46. The third kappa shape index (κ3) is 1.10. The number of carboxylic acid groups (broad SMARTS) is 1. The molecule has 5 nitrogen and oxygen atoms in total. The number of nitrogens with zero attached hydrogens (tertiary/aromatic N) is 1. The second kappa shape index (κ2) is 2.48. The van der Waals surface area contributed by atoms with Gasteiger partial charge in [-0.25, -0.2) is 4.79 Å². The lowest BCUT2D eigenvalue weighted by Gasteiger charge is -1.93. The van der Waals surface area contributed by atoms with Gasteiger partial charge < -0.3 is 14.5 Å². The Bertz CT molecular complexity index is 523. The fourth-order valence-electron chi connectivity index (χ4n) is 1.18. The molecule has 0 saturated heterocycles. The third-order valence-electron chi connectivity index (χ3n) is 1.77. The van der Waals surface area contributed by atoms with Crippen LogP contribution in [0.15, 0.2) is 29.3 Å². The Balaban J connectivity index is 2.86. The Labute approximate surface area is 72.3 Å². The molecule has 0 bridgehead atoms. The zero-order valence-corrected chi connectivity index (χ0v) is 6.52. The van der Waals surface area contributed by atoms with Crippen LogP contribution in [0.1, 0.15) is 10.4 Å². The van der Waals surface area contributed by atoms with Gasteiger partial charge in [-0.2, -0.15) is 0 Å². The minimum absolute atomic E-state index is 0.0951. The van der Waals surface area contributed by atoms with Crippen molar-refractivity contribution in [1.29, 1.82) is 0 Å². The Hall–Kier alpha value is -2.04. The van der Waals surface area contributed by atoms with Gasteiger partial charge in [0.25, 0.3) is 5.56 Å². The summed E-state index contributed by atoms with van der Waals surface area (Å²) in [5.74, 6) is -1.05. The third-order valence-corrected chi connectivity index (χ3v) is 1.77. The van der Waals surface area contributed by atoms with Gasteiger partial charge in [0.1, 0.15) is 11.2 Å². The molecule has 0 aliphatic rings. The van der Waals surface area contributed by atoms with E-state index in [1.165, 1.54) is 18.3 Å². The Morgan fingerprint density at radius 3 is 2.77 bits per heavy atom. The van der Waals surface area contributed by atoms with E-state index >= 15 is 0 Å². The van der Waals surface area contributed by atoms with Crippen LogP contribution in [0, 0.1) is 0 Å². The van der Waals surface area contributed by atoms with Gasteiger partial charge in [0.15, 0.2) is 0 Å². The number of carbonyl (C=O) groups is 1. The molecular weight excluding hydrogens is 172 g/mol. The van der Waals surface area contributed by atoms with E-state index in [1.54, 1.807) is 10.6 Å². The molecule has 2 N–H and O–H groups in total. The first kappa shape index (κ1) is 7.60. The molecule has 2 aromatic heterocycles.